The summed E-state index contributed by atoms with van der Waals surface area (Å²) in [5.41, 5.74) is 11.2. The highest BCUT2D eigenvalue weighted by molar-refractivity contribution is 6.62. The lowest BCUT2D eigenvalue weighted by Gasteiger charge is -2.27. The smallest absolute Gasteiger partial charge is 0.193 e. The first-order valence-electron chi connectivity index (χ1n) is 6.56. The van der Waals surface area contributed by atoms with Crippen molar-refractivity contribution >= 4 is 12.7 Å². The van der Waals surface area contributed by atoms with Gasteiger partial charge in [0.15, 0.2) is 7.28 Å². The molecule has 2 heteroatoms. The molecule has 18 heavy (non-hydrogen) atoms. The lowest BCUT2D eigenvalue weighted by Crippen LogP contribution is -2.23. The molecule has 0 spiro atoms. The Morgan fingerprint density at radius 1 is 1.06 bits per heavy atom. The second kappa shape index (κ2) is 5.05. The number of nitrogens with two attached hydrogens (primary N) is 1. The van der Waals surface area contributed by atoms with Crippen LogP contribution >= 0.6 is 0 Å². The van der Waals surface area contributed by atoms with Crippen molar-refractivity contribution in [3.63, 3.8) is 0 Å². The Bertz CT molecular complexity index is 478. The molecule has 0 fully saturated rings. The summed E-state index contributed by atoms with van der Waals surface area (Å²) in [6.45, 7) is 6.79. The van der Waals surface area contributed by atoms with E-state index >= 15 is 0 Å². The summed E-state index contributed by atoms with van der Waals surface area (Å²) in [6, 6.07) is 10.4. The summed E-state index contributed by atoms with van der Waals surface area (Å²) in [5, 5.41) is 0. The molecule has 0 bridgehead atoms. The number of hydrogen-bond acceptors (Lipinski definition) is 1. The minimum Gasteiger partial charge on any atom is -0.402 e. The zero-order chi connectivity index (χ0) is 13.2. The van der Waals surface area contributed by atoms with E-state index in [2.05, 4.69) is 58.4 Å². The zero-order valence-electron chi connectivity index (χ0n) is 11.5. The molecule has 0 saturated heterocycles. The van der Waals surface area contributed by atoms with Crippen molar-refractivity contribution in [2.45, 2.75) is 33.6 Å². The molecule has 1 radical (unpaired) electrons. The Labute approximate surface area is 111 Å². The SMILES string of the molecule is CC(C)(C)C1=CC([B]c2ccccc2)=C(N)CC1. The monoisotopic (exact) mass is 238 g/mol. The van der Waals surface area contributed by atoms with E-state index in [9.17, 15) is 0 Å². The molecule has 1 aromatic rings. The fraction of sp³-hybridized carbons (Fsp3) is 0.375. The molecule has 0 heterocycles. The van der Waals surface area contributed by atoms with E-state index < -0.39 is 0 Å². The largest absolute Gasteiger partial charge is 0.402 e. The van der Waals surface area contributed by atoms with Crippen LogP contribution in [0.25, 0.3) is 0 Å². The second-order valence-corrected chi connectivity index (χ2v) is 5.96. The van der Waals surface area contributed by atoms with Gasteiger partial charge in [-0.3, -0.25) is 0 Å². The van der Waals surface area contributed by atoms with Crippen LogP contribution in [-0.4, -0.2) is 7.28 Å². The van der Waals surface area contributed by atoms with Crippen molar-refractivity contribution in [1.82, 2.24) is 0 Å². The summed E-state index contributed by atoms with van der Waals surface area (Å²) < 4.78 is 0. The van der Waals surface area contributed by atoms with E-state index in [4.69, 9.17) is 5.73 Å². The first-order valence-corrected chi connectivity index (χ1v) is 6.56. The van der Waals surface area contributed by atoms with Crippen LogP contribution in [0.5, 0.6) is 0 Å². The van der Waals surface area contributed by atoms with Crippen LogP contribution in [0.2, 0.25) is 0 Å². The number of benzene rings is 1. The lowest BCUT2D eigenvalue weighted by atomic mass is 9.60. The van der Waals surface area contributed by atoms with Crippen molar-refractivity contribution in [1.29, 1.82) is 0 Å². The van der Waals surface area contributed by atoms with Gasteiger partial charge in [-0.05, 0) is 18.3 Å². The van der Waals surface area contributed by atoms with Crippen molar-refractivity contribution in [3.05, 3.63) is 53.2 Å². The third-order valence-electron chi connectivity index (χ3n) is 3.45. The van der Waals surface area contributed by atoms with Gasteiger partial charge in [0.1, 0.15) is 0 Å². The minimum absolute atomic E-state index is 0.233. The predicted molar refractivity (Wildman–Crippen MR) is 79.8 cm³/mol. The highest BCUT2D eigenvalue weighted by atomic mass is 14.6. The summed E-state index contributed by atoms with van der Waals surface area (Å²) in [7, 11) is 2.18. The van der Waals surface area contributed by atoms with E-state index in [0.717, 1.165) is 18.5 Å². The maximum absolute atomic E-state index is 6.14. The molecule has 1 aliphatic carbocycles. The van der Waals surface area contributed by atoms with Gasteiger partial charge in [-0.15, -0.1) is 0 Å². The third-order valence-corrected chi connectivity index (χ3v) is 3.45. The van der Waals surface area contributed by atoms with E-state index in [-0.39, 0.29) is 5.41 Å². The Hall–Kier alpha value is -1.44. The molecule has 0 saturated carbocycles. The zero-order valence-corrected chi connectivity index (χ0v) is 11.5. The first kappa shape index (κ1) is 13.0. The predicted octanol–water partition coefficient (Wildman–Crippen LogP) is 2.95. The topological polar surface area (TPSA) is 26.0 Å². The van der Waals surface area contributed by atoms with Gasteiger partial charge in [0.2, 0.25) is 0 Å². The molecule has 0 unspecified atom stereocenters. The fourth-order valence-corrected chi connectivity index (χ4v) is 2.22. The molecule has 0 aliphatic heterocycles. The number of allylic oxidation sites excluding steroid dienone is 4. The van der Waals surface area contributed by atoms with Gasteiger partial charge >= 0.3 is 0 Å². The van der Waals surface area contributed by atoms with Gasteiger partial charge in [0, 0.05) is 5.70 Å². The maximum Gasteiger partial charge on any atom is 0.193 e. The molecule has 2 rings (SSSR count). The van der Waals surface area contributed by atoms with Crippen LogP contribution in [0.4, 0.5) is 0 Å². The number of hydrogen-bond donors (Lipinski definition) is 1. The van der Waals surface area contributed by atoms with E-state index in [0.29, 0.717) is 0 Å². The van der Waals surface area contributed by atoms with Crippen LogP contribution in [0.1, 0.15) is 33.6 Å². The van der Waals surface area contributed by atoms with Crippen molar-refractivity contribution in [2.75, 3.05) is 0 Å². The standard InChI is InChI=1S/C16H21BN/c1-16(2,3)12-9-10-15(18)14(11-12)17-13-7-5-4-6-8-13/h4-8,11H,9-10,18H2,1-3H3. The fourth-order valence-electron chi connectivity index (χ4n) is 2.22. The molecular formula is C16H21BN. The van der Waals surface area contributed by atoms with Gasteiger partial charge in [-0.25, -0.2) is 0 Å². The molecule has 1 aromatic carbocycles. The molecule has 1 nitrogen and oxygen atoms in total. The minimum atomic E-state index is 0.233. The van der Waals surface area contributed by atoms with E-state index in [1.54, 1.807) is 0 Å². The molecular weight excluding hydrogens is 217 g/mol. The van der Waals surface area contributed by atoms with Gasteiger partial charge < -0.3 is 5.73 Å². The van der Waals surface area contributed by atoms with Gasteiger partial charge in [0.25, 0.3) is 0 Å². The summed E-state index contributed by atoms with van der Waals surface area (Å²) >= 11 is 0. The van der Waals surface area contributed by atoms with E-state index in [1.807, 2.05) is 6.07 Å². The van der Waals surface area contributed by atoms with Crippen molar-refractivity contribution < 1.29 is 0 Å². The average Bonchev–Trinajstić information content (AvgIpc) is 2.32. The van der Waals surface area contributed by atoms with Crippen LogP contribution in [0.15, 0.2) is 53.2 Å². The Kier molecular flexibility index (Phi) is 3.65. The van der Waals surface area contributed by atoms with Crippen molar-refractivity contribution in [3.8, 4) is 0 Å². The first-order chi connectivity index (χ1) is 8.47. The number of rotatable bonds is 2. The Balaban J connectivity index is 2.24. The summed E-state index contributed by atoms with van der Waals surface area (Å²) in [6.07, 6.45) is 4.33. The Morgan fingerprint density at radius 3 is 2.33 bits per heavy atom. The summed E-state index contributed by atoms with van der Waals surface area (Å²) in [4.78, 5) is 0. The average molecular weight is 238 g/mol. The van der Waals surface area contributed by atoms with Crippen LogP contribution in [0, 0.1) is 5.41 Å². The highest BCUT2D eigenvalue weighted by Crippen LogP contribution is 2.33. The molecule has 0 aromatic heterocycles. The molecule has 0 atom stereocenters. The van der Waals surface area contributed by atoms with Gasteiger partial charge in [0.05, 0.1) is 0 Å². The second-order valence-electron chi connectivity index (χ2n) is 5.96. The van der Waals surface area contributed by atoms with Gasteiger partial charge in [-0.2, -0.15) is 0 Å². The van der Waals surface area contributed by atoms with E-state index in [1.165, 1.54) is 16.5 Å². The highest BCUT2D eigenvalue weighted by Gasteiger charge is 2.21. The Morgan fingerprint density at radius 2 is 1.72 bits per heavy atom. The van der Waals surface area contributed by atoms with Gasteiger partial charge in [-0.1, -0.05) is 73.7 Å². The third kappa shape index (κ3) is 3.07. The summed E-state index contributed by atoms with van der Waals surface area (Å²) in [5.74, 6) is 0. The normalized spacial score (nSPS) is 16.5. The van der Waals surface area contributed by atoms with Crippen LogP contribution in [-0.2, 0) is 0 Å². The van der Waals surface area contributed by atoms with Crippen LogP contribution < -0.4 is 11.2 Å². The van der Waals surface area contributed by atoms with Crippen LogP contribution in [0.3, 0.4) is 0 Å². The molecule has 0 amide bonds. The molecule has 93 valence electrons. The van der Waals surface area contributed by atoms with Crippen molar-refractivity contribution in [2.24, 2.45) is 11.1 Å². The lowest BCUT2D eigenvalue weighted by molar-refractivity contribution is 0.478. The molecule has 2 N–H and O–H groups in total. The quantitative estimate of drug-likeness (QED) is 0.787. The maximum atomic E-state index is 6.14. The molecule has 1 aliphatic rings.